The Morgan fingerprint density at radius 3 is 2.86 bits per heavy atom. The maximum absolute atomic E-state index is 13.3. The van der Waals surface area contributed by atoms with Crippen molar-refractivity contribution in [2.24, 2.45) is 0 Å². The second-order valence-electron chi connectivity index (χ2n) is 4.07. The molecule has 0 aliphatic heterocycles. The van der Waals surface area contributed by atoms with Crippen LogP contribution in [0.2, 0.25) is 5.02 Å². The molecule has 0 atom stereocenters. The Hall–Kier alpha value is -2.19. The van der Waals surface area contributed by atoms with Crippen LogP contribution in [0.25, 0.3) is 0 Å². The van der Waals surface area contributed by atoms with Gasteiger partial charge in [0.1, 0.15) is 5.82 Å². The Balaban J connectivity index is 1.95. The summed E-state index contributed by atoms with van der Waals surface area (Å²) in [6.45, 7) is 1.69. The van der Waals surface area contributed by atoms with Gasteiger partial charge >= 0.3 is 0 Å². The zero-order chi connectivity index (χ0) is 15.4. The van der Waals surface area contributed by atoms with E-state index in [2.05, 4.69) is 26.1 Å². The van der Waals surface area contributed by atoms with Gasteiger partial charge in [-0.2, -0.15) is 0 Å². The van der Waals surface area contributed by atoms with E-state index in [1.165, 1.54) is 18.2 Å². The Morgan fingerprint density at radius 2 is 2.19 bits per heavy atom. The smallest absolute Gasteiger partial charge is 0.252 e. The maximum atomic E-state index is 13.3. The van der Waals surface area contributed by atoms with Gasteiger partial charge in [0.25, 0.3) is 5.56 Å². The molecule has 0 saturated heterocycles. The number of anilines is 2. The molecule has 4 N–H and O–H groups in total. The first-order chi connectivity index (χ1) is 9.94. The summed E-state index contributed by atoms with van der Waals surface area (Å²) in [6.07, 6.45) is 0. The summed E-state index contributed by atoms with van der Waals surface area (Å²) in [6, 6.07) is 5.56. The van der Waals surface area contributed by atoms with Crippen LogP contribution in [0.5, 0.6) is 0 Å². The molecule has 2 rings (SSSR count). The standard InChI is InChI=1S/C12H11ClFN5OS/c1-6-4-10(20)17-11(15-6)18-19-12(21)16-7-2-3-8(13)9(14)5-7/h2-5H,1H3,(H2,16,19,21)(H2,15,17,18,20). The Labute approximate surface area is 129 Å². The Bertz CT molecular complexity index is 736. The fourth-order valence-corrected chi connectivity index (χ4v) is 1.78. The average Bonchev–Trinajstić information content (AvgIpc) is 2.40. The lowest BCUT2D eigenvalue weighted by Gasteiger charge is -2.12. The summed E-state index contributed by atoms with van der Waals surface area (Å²) in [5.41, 5.74) is 5.95. The SMILES string of the molecule is Cc1cc(=O)[nH]c(NNC(=S)Nc2ccc(Cl)c(F)c2)n1. The summed E-state index contributed by atoms with van der Waals surface area (Å²) >= 11 is 10.6. The monoisotopic (exact) mass is 327 g/mol. The van der Waals surface area contributed by atoms with E-state index in [0.717, 1.165) is 0 Å². The number of aryl methyl sites for hydroxylation is 1. The summed E-state index contributed by atoms with van der Waals surface area (Å²) in [4.78, 5) is 17.8. The molecule has 6 nitrogen and oxygen atoms in total. The van der Waals surface area contributed by atoms with Gasteiger partial charge in [-0.15, -0.1) is 0 Å². The molecular formula is C12H11ClFN5OS. The third kappa shape index (κ3) is 4.40. The van der Waals surface area contributed by atoms with Gasteiger partial charge in [0.15, 0.2) is 5.11 Å². The number of H-pyrrole nitrogens is 1. The fourth-order valence-electron chi connectivity index (χ4n) is 1.49. The van der Waals surface area contributed by atoms with E-state index in [0.29, 0.717) is 11.4 Å². The lowest BCUT2D eigenvalue weighted by molar-refractivity contribution is 0.629. The van der Waals surface area contributed by atoms with Gasteiger partial charge in [0, 0.05) is 17.4 Å². The first-order valence-corrected chi connectivity index (χ1v) is 6.59. The summed E-state index contributed by atoms with van der Waals surface area (Å²) < 4.78 is 13.3. The molecule has 0 unspecified atom stereocenters. The molecule has 0 fully saturated rings. The number of nitrogens with zero attached hydrogens (tertiary/aromatic N) is 1. The third-order valence-electron chi connectivity index (χ3n) is 2.34. The summed E-state index contributed by atoms with van der Waals surface area (Å²) in [5.74, 6) is -0.339. The minimum Gasteiger partial charge on any atom is -0.331 e. The number of benzene rings is 1. The van der Waals surface area contributed by atoms with E-state index < -0.39 is 5.82 Å². The highest BCUT2D eigenvalue weighted by molar-refractivity contribution is 7.80. The molecule has 0 amide bonds. The lowest BCUT2D eigenvalue weighted by atomic mass is 10.3. The third-order valence-corrected chi connectivity index (χ3v) is 2.85. The molecule has 0 bridgehead atoms. The van der Waals surface area contributed by atoms with Crippen molar-refractivity contribution in [2.75, 3.05) is 10.7 Å². The molecule has 0 spiro atoms. The van der Waals surface area contributed by atoms with Crippen molar-refractivity contribution < 1.29 is 4.39 Å². The van der Waals surface area contributed by atoms with Crippen molar-refractivity contribution >= 4 is 40.6 Å². The molecule has 0 aliphatic rings. The molecule has 2 aromatic rings. The Morgan fingerprint density at radius 1 is 1.43 bits per heavy atom. The van der Waals surface area contributed by atoms with E-state index in [1.54, 1.807) is 13.0 Å². The zero-order valence-corrected chi connectivity index (χ0v) is 12.4. The van der Waals surface area contributed by atoms with E-state index in [-0.39, 0.29) is 21.6 Å². The quantitative estimate of drug-likeness (QED) is 0.511. The molecule has 9 heteroatoms. The average molecular weight is 328 g/mol. The van der Waals surface area contributed by atoms with E-state index in [4.69, 9.17) is 23.8 Å². The largest absolute Gasteiger partial charge is 0.331 e. The van der Waals surface area contributed by atoms with Crippen LogP contribution in [0.4, 0.5) is 16.0 Å². The van der Waals surface area contributed by atoms with Gasteiger partial charge in [0.05, 0.1) is 5.02 Å². The van der Waals surface area contributed by atoms with Gasteiger partial charge in [-0.1, -0.05) is 11.6 Å². The first kappa shape index (κ1) is 15.2. The van der Waals surface area contributed by atoms with Crippen LogP contribution in [0.3, 0.4) is 0 Å². The van der Waals surface area contributed by atoms with Crippen LogP contribution in [-0.2, 0) is 0 Å². The fraction of sp³-hybridized carbons (Fsp3) is 0.0833. The minimum atomic E-state index is -0.554. The lowest BCUT2D eigenvalue weighted by Crippen LogP contribution is -2.34. The van der Waals surface area contributed by atoms with E-state index >= 15 is 0 Å². The molecule has 21 heavy (non-hydrogen) atoms. The number of hydrazine groups is 1. The van der Waals surface area contributed by atoms with Gasteiger partial charge in [-0.25, -0.2) is 9.37 Å². The number of hydrogen-bond donors (Lipinski definition) is 4. The van der Waals surface area contributed by atoms with E-state index in [9.17, 15) is 9.18 Å². The predicted molar refractivity (Wildman–Crippen MR) is 84.0 cm³/mol. The molecule has 0 saturated carbocycles. The highest BCUT2D eigenvalue weighted by Gasteiger charge is 2.03. The van der Waals surface area contributed by atoms with Crippen LogP contribution in [0.15, 0.2) is 29.1 Å². The zero-order valence-electron chi connectivity index (χ0n) is 10.8. The minimum absolute atomic E-state index is 0.0269. The topological polar surface area (TPSA) is 81.8 Å². The molecule has 1 aromatic heterocycles. The highest BCUT2D eigenvalue weighted by atomic mass is 35.5. The van der Waals surface area contributed by atoms with Gasteiger partial charge in [-0.3, -0.25) is 20.6 Å². The number of thiocarbonyl (C=S) groups is 1. The van der Waals surface area contributed by atoms with Crippen molar-refractivity contribution in [2.45, 2.75) is 6.92 Å². The molecule has 1 aromatic carbocycles. The van der Waals surface area contributed by atoms with Crippen LogP contribution < -0.4 is 21.7 Å². The molecule has 1 heterocycles. The number of aromatic amines is 1. The van der Waals surface area contributed by atoms with Gasteiger partial charge < -0.3 is 5.32 Å². The molecule has 110 valence electrons. The van der Waals surface area contributed by atoms with Gasteiger partial charge in [0.2, 0.25) is 5.95 Å². The molecule has 0 radical (unpaired) electrons. The number of hydrogen-bond acceptors (Lipinski definition) is 4. The first-order valence-electron chi connectivity index (χ1n) is 5.80. The number of nitrogens with one attached hydrogen (secondary N) is 4. The van der Waals surface area contributed by atoms with Crippen LogP contribution in [0.1, 0.15) is 5.69 Å². The molecule has 0 aliphatic carbocycles. The van der Waals surface area contributed by atoms with Crippen LogP contribution in [0, 0.1) is 12.7 Å². The van der Waals surface area contributed by atoms with Crippen molar-refractivity contribution in [3.05, 3.63) is 51.2 Å². The maximum Gasteiger partial charge on any atom is 0.252 e. The van der Waals surface area contributed by atoms with Gasteiger partial charge in [-0.05, 0) is 37.3 Å². The van der Waals surface area contributed by atoms with Crippen molar-refractivity contribution in [3.63, 3.8) is 0 Å². The van der Waals surface area contributed by atoms with Crippen LogP contribution in [-0.4, -0.2) is 15.1 Å². The Kier molecular flexibility index (Phi) is 4.71. The van der Waals surface area contributed by atoms with E-state index in [1.807, 2.05) is 0 Å². The molecular weight excluding hydrogens is 317 g/mol. The van der Waals surface area contributed by atoms with Crippen molar-refractivity contribution in [3.8, 4) is 0 Å². The van der Waals surface area contributed by atoms with Crippen LogP contribution >= 0.6 is 23.8 Å². The van der Waals surface area contributed by atoms with Crippen molar-refractivity contribution in [1.82, 2.24) is 15.4 Å². The van der Waals surface area contributed by atoms with Crippen molar-refractivity contribution in [1.29, 1.82) is 0 Å². The predicted octanol–water partition coefficient (Wildman–Crippen LogP) is 2.18. The highest BCUT2D eigenvalue weighted by Crippen LogP contribution is 2.18. The summed E-state index contributed by atoms with van der Waals surface area (Å²) in [5, 5.41) is 2.94. The number of aromatic nitrogens is 2. The number of rotatable bonds is 3. The summed E-state index contributed by atoms with van der Waals surface area (Å²) in [7, 11) is 0. The second-order valence-corrected chi connectivity index (χ2v) is 4.88. The number of halogens is 2. The second kappa shape index (κ2) is 6.51. The normalized spacial score (nSPS) is 10.0.